The summed E-state index contributed by atoms with van der Waals surface area (Å²) < 4.78 is 4.51. The number of halogens is 2. The van der Waals surface area contributed by atoms with E-state index < -0.39 is 5.97 Å². The maximum Gasteiger partial charge on any atom is 0.303 e. The molecule has 0 amide bonds. The third-order valence-corrected chi connectivity index (χ3v) is 5.79. The summed E-state index contributed by atoms with van der Waals surface area (Å²) in [5, 5.41) is 9.85. The van der Waals surface area contributed by atoms with Crippen molar-refractivity contribution in [1.82, 2.24) is 4.57 Å². The molecule has 0 atom stereocenters. The van der Waals surface area contributed by atoms with Crippen molar-refractivity contribution in [1.29, 1.82) is 0 Å². The van der Waals surface area contributed by atoms with Crippen molar-refractivity contribution in [2.75, 3.05) is 0 Å². The van der Waals surface area contributed by atoms with Gasteiger partial charge in [-0.3, -0.25) is 4.79 Å². The summed E-state index contributed by atoms with van der Waals surface area (Å²) in [6.07, 6.45) is 6.26. The maximum absolute atomic E-state index is 11.1. The fraction of sp³-hybridized carbons (Fsp3) is 0.571. The van der Waals surface area contributed by atoms with Gasteiger partial charge in [-0.1, -0.05) is 23.2 Å². The number of ketones is 1. The largest absolute Gasteiger partial charge is 0.481 e. The molecule has 0 saturated carbocycles. The van der Waals surface area contributed by atoms with E-state index >= 15 is 0 Å². The monoisotopic (exact) mass is 427 g/mol. The molecule has 0 bridgehead atoms. The molecule has 1 aromatic heterocycles. The van der Waals surface area contributed by atoms with Crippen LogP contribution in [0.1, 0.15) is 64.1 Å². The van der Waals surface area contributed by atoms with Gasteiger partial charge < -0.3 is 9.90 Å². The maximum atomic E-state index is 11.1. The lowest BCUT2D eigenvalue weighted by Gasteiger charge is -2.02. The van der Waals surface area contributed by atoms with Crippen LogP contribution in [0.4, 0.5) is 0 Å². The molecule has 1 aromatic carbocycles. The average molecular weight is 428 g/mol. The van der Waals surface area contributed by atoms with Crippen molar-refractivity contribution in [3.05, 3.63) is 28.0 Å². The molecule has 154 valence electrons. The first-order chi connectivity index (χ1) is 13.3. The van der Waals surface area contributed by atoms with Crippen LogP contribution in [0.25, 0.3) is 11.0 Å². The molecule has 7 heteroatoms. The lowest BCUT2D eigenvalue weighted by Crippen LogP contribution is -2.36. The summed E-state index contributed by atoms with van der Waals surface area (Å²) in [4.78, 5) is 21.8. The van der Waals surface area contributed by atoms with Crippen molar-refractivity contribution in [2.45, 2.75) is 78.3 Å². The van der Waals surface area contributed by atoms with Gasteiger partial charge >= 0.3 is 5.97 Å². The van der Waals surface area contributed by atoms with E-state index in [1.54, 1.807) is 6.92 Å². The van der Waals surface area contributed by atoms with Crippen LogP contribution in [0.3, 0.4) is 0 Å². The zero-order chi connectivity index (χ0) is 20.7. The number of aryl methyl sites for hydroxylation is 2. The molecular weight excluding hydrogens is 399 g/mol. The number of hydrogen-bond acceptors (Lipinski definition) is 2. The third-order valence-electron chi connectivity index (χ3n) is 5.06. The number of carboxylic acid groups (broad SMARTS) is 1. The first-order valence-corrected chi connectivity index (χ1v) is 10.7. The van der Waals surface area contributed by atoms with Crippen molar-refractivity contribution in [3.63, 3.8) is 0 Å². The molecule has 0 spiro atoms. The van der Waals surface area contributed by atoms with Crippen LogP contribution in [0, 0.1) is 6.92 Å². The Morgan fingerprint density at radius 3 is 2.32 bits per heavy atom. The highest BCUT2D eigenvalue weighted by Gasteiger charge is 2.22. The molecule has 0 fully saturated rings. The molecule has 0 radical (unpaired) electrons. The summed E-state index contributed by atoms with van der Waals surface area (Å²) in [6, 6.07) is 3.83. The average Bonchev–Trinajstić information content (AvgIpc) is 2.86. The Labute approximate surface area is 176 Å². The molecule has 2 rings (SSSR count). The van der Waals surface area contributed by atoms with E-state index in [1.165, 1.54) is 0 Å². The molecule has 0 saturated heterocycles. The summed E-state index contributed by atoms with van der Waals surface area (Å²) in [5.74, 6) is 0.634. The zero-order valence-electron chi connectivity index (χ0n) is 16.6. The highest BCUT2D eigenvalue weighted by Crippen LogP contribution is 2.28. The van der Waals surface area contributed by atoms with Crippen molar-refractivity contribution in [2.24, 2.45) is 0 Å². The van der Waals surface area contributed by atoms with E-state index in [1.807, 2.05) is 12.1 Å². The first-order valence-electron chi connectivity index (χ1n) is 9.90. The highest BCUT2D eigenvalue weighted by molar-refractivity contribution is 6.42. The van der Waals surface area contributed by atoms with Gasteiger partial charge in [0, 0.05) is 31.9 Å². The molecule has 28 heavy (non-hydrogen) atoms. The number of carbonyl (C=O) groups is 2. The van der Waals surface area contributed by atoms with Crippen LogP contribution in [0.5, 0.6) is 0 Å². The lowest BCUT2D eigenvalue weighted by molar-refractivity contribution is -0.678. The Morgan fingerprint density at radius 2 is 1.64 bits per heavy atom. The van der Waals surface area contributed by atoms with Gasteiger partial charge in [-0.2, -0.15) is 0 Å². The predicted octanol–water partition coefficient (Wildman–Crippen LogP) is 5.34. The van der Waals surface area contributed by atoms with Gasteiger partial charge in [0.25, 0.3) is 5.82 Å². The summed E-state index contributed by atoms with van der Waals surface area (Å²) in [5.41, 5.74) is 2.11. The Kier molecular flexibility index (Phi) is 8.77. The number of carbonyl (C=O) groups excluding carboxylic acids is 1. The number of Topliss-reactive ketones (excluding diaryl/α,β-unsaturated/α-hetero) is 1. The highest BCUT2D eigenvalue weighted by atomic mass is 35.5. The van der Waals surface area contributed by atoms with E-state index in [0.29, 0.717) is 22.9 Å². The van der Waals surface area contributed by atoms with Crippen LogP contribution in [0.2, 0.25) is 10.0 Å². The molecule has 0 aliphatic carbocycles. The number of nitrogens with zero attached hydrogens (tertiary/aromatic N) is 2. The zero-order valence-corrected chi connectivity index (χ0v) is 18.2. The van der Waals surface area contributed by atoms with Gasteiger partial charge in [0.05, 0.1) is 23.1 Å². The molecular formula is C21H29Cl2N2O3+. The number of unbranched alkanes of at least 4 members (excludes halogenated alkanes) is 4. The van der Waals surface area contributed by atoms with Crippen molar-refractivity contribution in [3.8, 4) is 0 Å². The predicted molar refractivity (Wildman–Crippen MR) is 112 cm³/mol. The standard InChI is InChI=1S/C21H28Cl2N2O3/c1-15(26)9-5-3-7-11-24-16(2)25(12-8-4-6-10-21(27)28)20-14-18(23)17(22)13-19(20)24/h13-14H,3-12H2,1-2H3/p+1. The summed E-state index contributed by atoms with van der Waals surface area (Å²) in [7, 11) is 0. The van der Waals surface area contributed by atoms with Crippen LogP contribution < -0.4 is 4.57 Å². The summed E-state index contributed by atoms with van der Waals surface area (Å²) >= 11 is 12.5. The Balaban J connectivity index is 2.14. The molecule has 1 heterocycles. The lowest BCUT2D eigenvalue weighted by atomic mass is 10.1. The van der Waals surface area contributed by atoms with E-state index in [-0.39, 0.29) is 12.2 Å². The molecule has 5 nitrogen and oxygen atoms in total. The molecule has 0 aliphatic rings. The second kappa shape index (κ2) is 10.8. The van der Waals surface area contributed by atoms with Crippen molar-refractivity contribution < 1.29 is 19.3 Å². The SMILES string of the molecule is CC(=O)CCCCC[n+]1c(C)n(CCCCCC(=O)O)c2cc(Cl)c(Cl)cc21. The van der Waals surface area contributed by atoms with Gasteiger partial charge in [-0.25, -0.2) is 9.13 Å². The number of hydrogen-bond donors (Lipinski definition) is 1. The fourth-order valence-electron chi connectivity index (χ4n) is 3.56. The Bertz CT molecular complexity index is 779. The Hall–Kier alpha value is -1.59. The van der Waals surface area contributed by atoms with Gasteiger partial charge in [0.1, 0.15) is 5.78 Å². The van der Waals surface area contributed by atoms with E-state index in [0.717, 1.165) is 62.1 Å². The second-order valence-electron chi connectivity index (χ2n) is 7.32. The molecule has 0 aliphatic heterocycles. The van der Waals surface area contributed by atoms with Crippen LogP contribution in [-0.2, 0) is 22.7 Å². The minimum Gasteiger partial charge on any atom is -0.481 e. The molecule has 0 unspecified atom stereocenters. The van der Waals surface area contributed by atoms with Crippen LogP contribution in [0.15, 0.2) is 12.1 Å². The quantitative estimate of drug-likeness (QED) is 0.367. The number of benzene rings is 1. The van der Waals surface area contributed by atoms with Crippen LogP contribution >= 0.6 is 23.2 Å². The summed E-state index contributed by atoms with van der Waals surface area (Å²) in [6.45, 7) is 5.41. The number of aromatic nitrogens is 2. The van der Waals surface area contributed by atoms with Crippen molar-refractivity contribution >= 4 is 46.0 Å². The second-order valence-corrected chi connectivity index (χ2v) is 8.14. The van der Waals surface area contributed by atoms with Gasteiger partial charge in [0.15, 0.2) is 11.0 Å². The van der Waals surface area contributed by atoms with E-state index in [2.05, 4.69) is 16.1 Å². The van der Waals surface area contributed by atoms with Crippen LogP contribution in [-0.4, -0.2) is 21.4 Å². The minimum absolute atomic E-state index is 0.215. The topological polar surface area (TPSA) is 63.2 Å². The number of carboxylic acids is 1. The van der Waals surface area contributed by atoms with Gasteiger partial charge in [0.2, 0.25) is 0 Å². The minimum atomic E-state index is -0.744. The number of fused-ring (bicyclic) bond motifs is 1. The molecule has 1 N–H and O–H groups in total. The normalized spacial score (nSPS) is 11.3. The Morgan fingerprint density at radius 1 is 1.00 bits per heavy atom. The smallest absolute Gasteiger partial charge is 0.303 e. The number of rotatable bonds is 12. The van der Waals surface area contributed by atoms with Gasteiger partial charge in [-0.05, 0) is 45.4 Å². The van der Waals surface area contributed by atoms with E-state index in [9.17, 15) is 9.59 Å². The third kappa shape index (κ3) is 6.21. The number of aliphatic carboxylic acids is 1. The fourth-order valence-corrected chi connectivity index (χ4v) is 3.88. The van der Waals surface area contributed by atoms with Gasteiger partial charge in [-0.15, -0.1) is 0 Å². The van der Waals surface area contributed by atoms with E-state index in [4.69, 9.17) is 28.3 Å². The molecule has 2 aromatic rings. The first kappa shape index (κ1) is 22.7. The number of imidazole rings is 1.